The summed E-state index contributed by atoms with van der Waals surface area (Å²) in [7, 11) is 0. The number of benzene rings is 9. The molecule has 0 atom stereocenters. The second-order valence-electron chi connectivity index (χ2n) is 16.4. The van der Waals surface area contributed by atoms with Crippen LogP contribution in [0.2, 0.25) is 0 Å². The van der Waals surface area contributed by atoms with Crippen molar-refractivity contribution in [1.82, 2.24) is 9.97 Å². The van der Waals surface area contributed by atoms with Gasteiger partial charge in [-0.05, 0) is 91.0 Å². The molecule has 0 unspecified atom stereocenters. The molecule has 2 heterocycles. The lowest BCUT2D eigenvalue weighted by Gasteiger charge is -2.35. The first-order valence-corrected chi connectivity index (χ1v) is 21.2. The van der Waals surface area contributed by atoms with Gasteiger partial charge >= 0.3 is 0 Å². The van der Waals surface area contributed by atoms with Gasteiger partial charge in [-0.15, -0.1) is 0 Å². The topological polar surface area (TPSA) is 38.9 Å². The van der Waals surface area contributed by atoms with Crippen molar-refractivity contribution in [3.8, 4) is 78.4 Å². The molecular weight excluding hydrogens is 753 g/mol. The molecule has 0 N–H and O–H groups in total. The van der Waals surface area contributed by atoms with Gasteiger partial charge in [0.05, 0.1) is 16.8 Å². The standard InChI is InChI=1S/C59H36N2O/c1-2-15-37(16-3-1)38-29-31-39(32-30-38)54-36-55(48-24-14-23-47-46-22-9-13-28-56(46)62-57(47)48)61-58(60-54)40-33-34-53-49(35-40)45-21-8-12-27-52(45)59(53)50-25-10-6-19-43(50)41-17-4-5-18-42(41)44-20-7-11-26-51(44)59/h1-36H. The Morgan fingerprint density at radius 1 is 0.306 bits per heavy atom. The highest BCUT2D eigenvalue weighted by Gasteiger charge is 2.49. The molecule has 1 spiro atoms. The van der Waals surface area contributed by atoms with Crippen molar-refractivity contribution >= 4 is 21.9 Å². The van der Waals surface area contributed by atoms with Gasteiger partial charge in [0.2, 0.25) is 0 Å². The Hall–Kier alpha value is -8.14. The maximum absolute atomic E-state index is 6.59. The van der Waals surface area contributed by atoms with E-state index >= 15 is 0 Å². The summed E-state index contributed by atoms with van der Waals surface area (Å²) in [5, 5.41) is 2.16. The molecule has 3 nitrogen and oxygen atoms in total. The average molecular weight is 789 g/mol. The van der Waals surface area contributed by atoms with Gasteiger partial charge in [-0.3, -0.25) is 0 Å². The van der Waals surface area contributed by atoms with Crippen molar-refractivity contribution in [1.29, 1.82) is 0 Å². The third-order valence-electron chi connectivity index (χ3n) is 13.2. The number of rotatable bonds is 4. The molecule has 62 heavy (non-hydrogen) atoms. The highest BCUT2D eigenvalue weighted by Crippen LogP contribution is 2.61. The van der Waals surface area contributed by atoms with E-state index in [2.05, 4.69) is 206 Å². The Morgan fingerprint density at radius 2 is 0.790 bits per heavy atom. The molecule has 2 aliphatic carbocycles. The zero-order valence-corrected chi connectivity index (χ0v) is 33.6. The molecular formula is C59H36N2O. The van der Waals surface area contributed by atoms with Gasteiger partial charge in [0, 0.05) is 27.5 Å². The Labute approximate surface area is 359 Å². The van der Waals surface area contributed by atoms with Crippen LogP contribution in [0.4, 0.5) is 0 Å². The molecule has 2 aliphatic rings. The SMILES string of the molecule is c1ccc(-c2ccc(-c3cc(-c4cccc5c4oc4ccccc45)nc(-c4ccc5c(c4)-c4ccccc4C54c5ccccc5-c5ccccc5-c5ccccc54)n3)cc2)cc1. The van der Waals surface area contributed by atoms with E-state index < -0.39 is 5.41 Å². The third-order valence-corrected chi connectivity index (χ3v) is 13.2. The van der Waals surface area contributed by atoms with Gasteiger partial charge in [0.15, 0.2) is 5.82 Å². The monoisotopic (exact) mass is 788 g/mol. The number of aromatic nitrogens is 2. The summed E-state index contributed by atoms with van der Waals surface area (Å²) in [5.74, 6) is 0.660. The Kier molecular flexibility index (Phi) is 7.52. The van der Waals surface area contributed by atoms with Gasteiger partial charge in [0.1, 0.15) is 11.2 Å². The zero-order valence-electron chi connectivity index (χ0n) is 33.6. The fraction of sp³-hybridized carbons (Fsp3) is 0.0169. The fourth-order valence-electron chi connectivity index (χ4n) is 10.5. The lowest BCUT2D eigenvalue weighted by molar-refractivity contribution is 0.670. The second kappa shape index (κ2) is 13.4. The van der Waals surface area contributed by atoms with E-state index in [-0.39, 0.29) is 0 Å². The first-order valence-electron chi connectivity index (χ1n) is 21.2. The van der Waals surface area contributed by atoms with Crippen molar-refractivity contribution in [3.63, 3.8) is 0 Å². The quantitative estimate of drug-likeness (QED) is 0.178. The number of furan rings is 1. The van der Waals surface area contributed by atoms with Crippen LogP contribution in [0.15, 0.2) is 223 Å². The fourth-order valence-corrected chi connectivity index (χ4v) is 10.5. The van der Waals surface area contributed by atoms with Crippen LogP contribution in [-0.4, -0.2) is 9.97 Å². The number of hydrogen-bond acceptors (Lipinski definition) is 3. The summed E-state index contributed by atoms with van der Waals surface area (Å²) >= 11 is 0. The molecule has 3 heteroatoms. The van der Waals surface area contributed by atoms with Gasteiger partial charge < -0.3 is 4.42 Å². The molecule has 0 saturated carbocycles. The number of para-hydroxylation sites is 2. The lowest BCUT2D eigenvalue weighted by Crippen LogP contribution is -2.29. The van der Waals surface area contributed by atoms with E-state index in [1.807, 2.05) is 12.1 Å². The van der Waals surface area contributed by atoms with E-state index in [9.17, 15) is 0 Å². The predicted molar refractivity (Wildman–Crippen MR) is 253 cm³/mol. The summed E-state index contributed by atoms with van der Waals surface area (Å²) in [6.45, 7) is 0. The van der Waals surface area contributed by atoms with Crippen LogP contribution < -0.4 is 0 Å². The van der Waals surface area contributed by atoms with E-state index in [1.165, 1.54) is 61.2 Å². The van der Waals surface area contributed by atoms with Crippen LogP contribution in [0.3, 0.4) is 0 Å². The second-order valence-corrected chi connectivity index (χ2v) is 16.4. The van der Waals surface area contributed by atoms with Crippen LogP contribution >= 0.6 is 0 Å². The predicted octanol–water partition coefficient (Wildman–Crippen LogP) is 15.1. The van der Waals surface area contributed by atoms with Crippen molar-refractivity contribution in [2.45, 2.75) is 5.41 Å². The Balaban J connectivity index is 1.05. The smallest absolute Gasteiger partial charge is 0.160 e. The normalized spacial score (nSPS) is 13.0. The van der Waals surface area contributed by atoms with Gasteiger partial charge in [-0.1, -0.05) is 194 Å². The van der Waals surface area contributed by atoms with Crippen molar-refractivity contribution < 1.29 is 4.42 Å². The van der Waals surface area contributed by atoms with Crippen LogP contribution in [0, 0.1) is 0 Å². The van der Waals surface area contributed by atoms with E-state index in [0.717, 1.165) is 55.6 Å². The lowest BCUT2D eigenvalue weighted by atomic mass is 9.66. The molecule has 9 aromatic carbocycles. The third kappa shape index (κ3) is 5.00. The molecule has 0 fully saturated rings. The number of hydrogen-bond donors (Lipinski definition) is 0. The molecule has 0 aliphatic heterocycles. The molecule has 0 radical (unpaired) electrons. The molecule has 0 bridgehead atoms. The van der Waals surface area contributed by atoms with Gasteiger partial charge in [-0.25, -0.2) is 9.97 Å². The van der Waals surface area contributed by atoms with Crippen LogP contribution in [-0.2, 0) is 5.41 Å². The van der Waals surface area contributed by atoms with Crippen molar-refractivity contribution in [2.75, 3.05) is 0 Å². The van der Waals surface area contributed by atoms with Crippen molar-refractivity contribution in [2.24, 2.45) is 0 Å². The molecule has 2 aromatic heterocycles. The Bertz CT molecular complexity index is 3510. The highest BCUT2D eigenvalue weighted by molar-refractivity contribution is 6.09. The van der Waals surface area contributed by atoms with Crippen molar-refractivity contribution in [3.05, 3.63) is 241 Å². The van der Waals surface area contributed by atoms with Crippen LogP contribution in [0.25, 0.3) is 100 Å². The van der Waals surface area contributed by atoms with Crippen LogP contribution in [0.1, 0.15) is 22.3 Å². The molecule has 288 valence electrons. The highest BCUT2D eigenvalue weighted by atomic mass is 16.3. The van der Waals surface area contributed by atoms with Gasteiger partial charge in [0.25, 0.3) is 0 Å². The first-order chi connectivity index (χ1) is 30.7. The number of nitrogens with zero attached hydrogens (tertiary/aromatic N) is 2. The molecule has 0 saturated heterocycles. The van der Waals surface area contributed by atoms with E-state index in [1.54, 1.807) is 0 Å². The minimum atomic E-state index is -0.554. The summed E-state index contributed by atoms with van der Waals surface area (Å²) in [4.78, 5) is 10.8. The molecule has 0 amide bonds. The maximum Gasteiger partial charge on any atom is 0.160 e. The van der Waals surface area contributed by atoms with Gasteiger partial charge in [-0.2, -0.15) is 0 Å². The molecule has 13 rings (SSSR count). The average Bonchev–Trinajstić information content (AvgIpc) is 3.84. The molecule has 11 aromatic rings. The minimum absolute atomic E-state index is 0.554. The van der Waals surface area contributed by atoms with E-state index in [0.29, 0.717) is 5.82 Å². The number of fused-ring (bicyclic) bond motifs is 15. The summed E-state index contributed by atoms with van der Waals surface area (Å²) < 4.78 is 6.59. The Morgan fingerprint density at radius 3 is 1.48 bits per heavy atom. The summed E-state index contributed by atoms with van der Waals surface area (Å²) in [6.07, 6.45) is 0. The maximum atomic E-state index is 6.59. The zero-order chi connectivity index (χ0) is 40.8. The van der Waals surface area contributed by atoms with E-state index in [4.69, 9.17) is 14.4 Å². The summed E-state index contributed by atoms with van der Waals surface area (Å²) in [5.41, 5.74) is 20.6. The largest absolute Gasteiger partial charge is 0.455 e. The summed E-state index contributed by atoms with van der Waals surface area (Å²) in [6, 6.07) is 78.7. The van der Waals surface area contributed by atoms with Crippen LogP contribution in [0.5, 0.6) is 0 Å². The first kappa shape index (κ1) is 34.7. The minimum Gasteiger partial charge on any atom is -0.455 e.